The number of hydrogen-bond donors (Lipinski definition) is 1. The van der Waals surface area contributed by atoms with Crippen LogP contribution in [0.5, 0.6) is 0 Å². The van der Waals surface area contributed by atoms with Crippen molar-refractivity contribution < 1.29 is 14.6 Å². The molecule has 2 rings (SSSR count). The van der Waals surface area contributed by atoms with Crippen LogP contribution < -0.4 is 0 Å². The zero-order valence-corrected chi connectivity index (χ0v) is 13.3. The molecule has 0 unspecified atom stereocenters. The van der Waals surface area contributed by atoms with Crippen LogP contribution in [0.1, 0.15) is 24.0 Å². The van der Waals surface area contributed by atoms with Crippen molar-refractivity contribution in [1.29, 1.82) is 0 Å². The minimum absolute atomic E-state index is 0.00435. The standard InChI is InChI=1S/C16H22ClNO3/c1-11-3-4-12(9-14(11)17)10-18-7-5-13(6-8-18)15(19)16(20)21-2/h3-4,9,13,15,19H,5-8,10H2,1-2H3/t15-/m0/s1. The van der Waals surface area contributed by atoms with Gasteiger partial charge in [-0.15, -0.1) is 0 Å². The second kappa shape index (κ2) is 7.25. The van der Waals surface area contributed by atoms with Crippen molar-refractivity contribution in [3.63, 3.8) is 0 Å². The lowest BCUT2D eigenvalue weighted by Crippen LogP contribution is -2.40. The smallest absolute Gasteiger partial charge is 0.334 e. The molecule has 1 N–H and O–H groups in total. The molecule has 1 aromatic rings. The molecule has 1 fully saturated rings. The summed E-state index contributed by atoms with van der Waals surface area (Å²) in [6, 6.07) is 6.13. The third-order valence-electron chi connectivity index (χ3n) is 4.16. The van der Waals surface area contributed by atoms with E-state index in [0.29, 0.717) is 0 Å². The van der Waals surface area contributed by atoms with E-state index in [0.717, 1.165) is 43.1 Å². The fraction of sp³-hybridized carbons (Fsp3) is 0.562. The number of aryl methyl sites for hydroxylation is 1. The summed E-state index contributed by atoms with van der Waals surface area (Å²) >= 11 is 6.14. The van der Waals surface area contributed by atoms with Gasteiger partial charge in [0, 0.05) is 11.6 Å². The maximum absolute atomic E-state index is 11.4. The minimum Gasteiger partial charge on any atom is -0.467 e. The van der Waals surface area contributed by atoms with Gasteiger partial charge in [-0.25, -0.2) is 4.79 Å². The monoisotopic (exact) mass is 311 g/mol. The number of aliphatic hydroxyl groups excluding tert-OH is 1. The van der Waals surface area contributed by atoms with Gasteiger partial charge >= 0.3 is 5.97 Å². The van der Waals surface area contributed by atoms with Crippen LogP contribution in [-0.2, 0) is 16.1 Å². The van der Waals surface area contributed by atoms with Gasteiger partial charge in [0.15, 0.2) is 6.10 Å². The number of benzene rings is 1. The summed E-state index contributed by atoms with van der Waals surface area (Å²) in [6.45, 7) is 4.57. The van der Waals surface area contributed by atoms with E-state index in [-0.39, 0.29) is 5.92 Å². The molecule has 1 aliphatic heterocycles. The van der Waals surface area contributed by atoms with E-state index in [1.54, 1.807) is 0 Å². The molecule has 1 aromatic carbocycles. The highest BCUT2D eigenvalue weighted by atomic mass is 35.5. The summed E-state index contributed by atoms with van der Waals surface area (Å²) in [5, 5.41) is 10.7. The largest absolute Gasteiger partial charge is 0.467 e. The van der Waals surface area contributed by atoms with Crippen molar-refractivity contribution in [3.8, 4) is 0 Å². The van der Waals surface area contributed by atoms with E-state index in [9.17, 15) is 9.90 Å². The van der Waals surface area contributed by atoms with Crippen LogP contribution in [0.3, 0.4) is 0 Å². The molecule has 0 bridgehead atoms. The van der Waals surface area contributed by atoms with E-state index in [4.69, 9.17) is 11.6 Å². The molecule has 116 valence electrons. The van der Waals surface area contributed by atoms with Gasteiger partial charge in [-0.2, -0.15) is 0 Å². The predicted molar refractivity (Wildman–Crippen MR) is 82.2 cm³/mol. The number of aliphatic hydroxyl groups is 1. The summed E-state index contributed by atoms with van der Waals surface area (Å²) in [6.07, 6.45) is 0.608. The third-order valence-corrected chi connectivity index (χ3v) is 4.57. The lowest BCUT2D eigenvalue weighted by Gasteiger charge is -2.33. The number of carbonyl (C=O) groups is 1. The summed E-state index contributed by atoms with van der Waals surface area (Å²) in [4.78, 5) is 13.7. The van der Waals surface area contributed by atoms with Crippen molar-refractivity contribution in [2.45, 2.75) is 32.4 Å². The molecule has 5 heteroatoms. The Kier molecular flexibility index (Phi) is 5.62. The molecular weight excluding hydrogens is 290 g/mol. The van der Waals surface area contributed by atoms with E-state index < -0.39 is 12.1 Å². The van der Waals surface area contributed by atoms with Crippen LogP contribution in [0.25, 0.3) is 0 Å². The number of methoxy groups -OCH3 is 1. The first-order valence-corrected chi connectivity index (χ1v) is 7.62. The molecule has 1 atom stereocenters. The van der Waals surface area contributed by atoms with Gasteiger partial charge in [-0.1, -0.05) is 23.7 Å². The second-order valence-electron chi connectivity index (χ2n) is 5.67. The van der Waals surface area contributed by atoms with Crippen molar-refractivity contribution in [3.05, 3.63) is 34.3 Å². The average Bonchev–Trinajstić information content (AvgIpc) is 2.50. The number of ether oxygens (including phenoxy) is 1. The fourth-order valence-corrected chi connectivity index (χ4v) is 2.94. The van der Waals surface area contributed by atoms with E-state index in [1.165, 1.54) is 12.7 Å². The maximum Gasteiger partial charge on any atom is 0.334 e. The van der Waals surface area contributed by atoms with Crippen molar-refractivity contribution >= 4 is 17.6 Å². The molecule has 0 amide bonds. The summed E-state index contributed by atoms with van der Waals surface area (Å²) in [5.74, 6) is -0.533. The molecule has 21 heavy (non-hydrogen) atoms. The van der Waals surface area contributed by atoms with Gasteiger partial charge in [-0.3, -0.25) is 4.90 Å². The number of halogens is 1. The molecule has 4 nitrogen and oxygen atoms in total. The van der Waals surface area contributed by atoms with Crippen molar-refractivity contribution in [2.75, 3.05) is 20.2 Å². The molecule has 0 spiro atoms. The average molecular weight is 312 g/mol. The number of hydrogen-bond acceptors (Lipinski definition) is 4. The SMILES string of the molecule is COC(=O)[C@@H](O)C1CCN(Cc2ccc(C)c(Cl)c2)CC1. The predicted octanol–water partition coefficient (Wildman–Crippen LogP) is 2.39. The van der Waals surface area contributed by atoms with Gasteiger partial charge in [0.25, 0.3) is 0 Å². The van der Waals surface area contributed by atoms with Crippen LogP contribution in [-0.4, -0.2) is 42.3 Å². The number of esters is 1. The first-order valence-electron chi connectivity index (χ1n) is 7.24. The van der Waals surface area contributed by atoms with Crippen molar-refractivity contribution in [2.24, 2.45) is 5.92 Å². The highest BCUT2D eigenvalue weighted by Gasteiger charge is 2.30. The zero-order chi connectivity index (χ0) is 15.4. The fourth-order valence-electron chi connectivity index (χ4n) is 2.73. The van der Waals surface area contributed by atoms with Crippen LogP contribution >= 0.6 is 11.6 Å². The number of nitrogens with zero attached hydrogens (tertiary/aromatic N) is 1. The van der Waals surface area contributed by atoms with Crippen LogP contribution in [0.2, 0.25) is 5.02 Å². The molecule has 1 aliphatic rings. The van der Waals surface area contributed by atoms with E-state index in [2.05, 4.69) is 15.7 Å². The Morgan fingerprint density at radius 2 is 2.14 bits per heavy atom. The van der Waals surface area contributed by atoms with Crippen LogP contribution in [0.4, 0.5) is 0 Å². The highest BCUT2D eigenvalue weighted by molar-refractivity contribution is 6.31. The Labute approximate surface area is 130 Å². The second-order valence-corrected chi connectivity index (χ2v) is 6.07. The number of rotatable bonds is 4. The summed E-state index contributed by atoms with van der Waals surface area (Å²) < 4.78 is 4.59. The molecule has 0 saturated carbocycles. The molecule has 0 radical (unpaired) electrons. The number of carbonyl (C=O) groups excluding carboxylic acids is 1. The lowest BCUT2D eigenvalue weighted by atomic mass is 9.91. The molecule has 0 aliphatic carbocycles. The minimum atomic E-state index is -0.994. The van der Waals surface area contributed by atoms with Gasteiger partial charge < -0.3 is 9.84 Å². The van der Waals surface area contributed by atoms with Gasteiger partial charge in [0.1, 0.15) is 0 Å². The third kappa shape index (κ3) is 4.19. The Hall–Kier alpha value is -1.10. The van der Waals surface area contributed by atoms with Gasteiger partial charge in [0.05, 0.1) is 7.11 Å². The zero-order valence-electron chi connectivity index (χ0n) is 12.5. The Bertz CT molecular complexity index is 498. The topological polar surface area (TPSA) is 49.8 Å². The Morgan fingerprint density at radius 3 is 2.71 bits per heavy atom. The quantitative estimate of drug-likeness (QED) is 0.868. The molecule has 1 heterocycles. The Morgan fingerprint density at radius 1 is 1.48 bits per heavy atom. The highest BCUT2D eigenvalue weighted by Crippen LogP contribution is 2.24. The summed E-state index contributed by atoms with van der Waals surface area (Å²) in [5.41, 5.74) is 2.28. The first-order chi connectivity index (χ1) is 10.0. The maximum atomic E-state index is 11.4. The lowest BCUT2D eigenvalue weighted by molar-refractivity contribution is -0.154. The van der Waals surface area contributed by atoms with Crippen LogP contribution in [0, 0.1) is 12.8 Å². The number of likely N-dealkylation sites (tertiary alicyclic amines) is 1. The van der Waals surface area contributed by atoms with E-state index >= 15 is 0 Å². The van der Waals surface area contributed by atoms with Crippen molar-refractivity contribution in [1.82, 2.24) is 4.90 Å². The van der Waals surface area contributed by atoms with Gasteiger partial charge in [0.2, 0.25) is 0 Å². The van der Waals surface area contributed by atoms with Crippen LogP contribution in [0.15, 0.2) is 18.2 Å². The number of piperidine rings is 1. The Balaban J connectivity index is 1.86. The molecular formula is C16H22ClNO3. The normalized spacial score (nSPS) is 18.5. The molecule has 1 saturated heterocycles. The summed E-state index contributed by atoms with van der Waals surface area (Å²) in [7, 11) is 1.31. The van der Waals surface area contributed by atoms with Gasteiger partial charge in [-0.05, 0) is 56.0 Å². The molecule has 0 aromatic heterocycles. The first kappa shape index (κ1) is 16.3. The van der Waals surface area contributed by atoms with E-state index in [1.807, 2.05) is 19.1 Å².